The van der Waals surface area contributed by atoms with E-state index in [2.05, 4.69) is 10.9 Å². The highest BCUT2D eigenvalue weighted by molar-refractivity contribution is 7.80. The zero-order valence-electron chi connectivity index (χ0n) is 22.7. The minimum absolute atomic E-state index is 0.208. The van der Waals surface area contributed by atoms with Gasteiger partial charge in [-0.15, -0.1) is 0 Å². The summed E-state index contributed by atoms with van der Waals surface area (Å²) in [4.78, 5) is 26.6. The number of hydrazine groups is 2. The minimum Gasteiger partial charge on any atom is -0.497 e. The summed E-state index contributed by atoms with van der Waals surface area (Å²) in [5, 5.41) is 2.59. The van der Waals surface area contributed by atoms with E-state index in [-0.39, 0.29) is 18.2 Å². The molecule has 0 unspecified atom stereocenters. The molecule has 0 saturated carbocycles. The number of carbonyl (C=O) groups excluding carboxylic acids is 2. The molecule has 11 heteroatoms. The Bertz CT molecular complexity index is 1210. The number of nitrogens with zero attached hydrogens (tertiary/aromatic N) is 2. The van der Waals surface area contributed by atoms with Crippen molar-refractivity contribution in [2.75, 3.05) is 42.5 Å². The molecule has 2 N–H and O–H groups in total. The molecule has 2 aromatic carbocycles. The Morgan fingerprint density at radius 2 is 1.29 bits per heavy atom. The van der Waals surface area contributed by atoms with Crippen LogP contribution in [0.5, 0.6) is 23.0 Å². The summed E-state index contributed by atoms with van der Waals surface area (Å²) in [6, 6.07) is 9.94. The molecule has 2 amide bonds. The Morgan fingerprint density at radius 3 is 1.71 bits per heavy atom. The van der Waals surface area contributed by atoms with Gasteiger partial charge >= 0.3 is 0 Å². The number of ether oxygens (including phenoxy) is 4. The van der Waals surface area contributed by atoms with Crippen molar-refractivity contribution in [3.05, 3.63) is 71.5 Å². The lowest BCUT2D eigenvalue weighted by Crippen LogP contribution is -2.44. The van der Waals surface area contributed by atoms with Gasteiger partial charge in [-0.05, 0) is 49.4 Å². The molecule has 0 saturated heterocycles. The summed E-state index contributed by atoms with van der Waals surface area (Å²) < 4.78 is 21.1. The largest absolute Gasteiger partial charge is 0.497 e. The SMILES string of the molecule is C/C=C/C=C(\CC(=S)NN(C)C(=O)c1cc(OC)ccc1OC)NN(C)C(=O)c1cc(OC)ccc1OC. The second kappa shape index (κ2) is 14.5. The van der Waals surface area contributed by atoms with E-state index in [0.717, 1.165) is 0 Å². The third-order valence-electron chi connectivity index (χ3n) is 5.33. The molecule has 2 rings (SSSR count). The predicted octanol–water partition coefficient (Wildman–Crippen LogP) is 3.75. The number of rotatable bonds is 11. The fourth-order valence-corrected chi connectivity index (χ4v) is 3.68. The molecule has 2 aromatic rings. The topological polar surface area (TPSA) is 102 Å². The van der Waals surface area contributed by atoms with Crippen LogP contribution in [0.15, 0.2) is 60.3 Å². The third-order valence-corrected chi connectivity index (χ3v) is 5.56. The summed E-state index contributed by atoms with van der Waals surface area (Å²) >= 11 is 5.51. The molecule has 0 bridgehead atoms. The minimum atomic E-state index is -0.368. The van der Waals surface area contributed by atoms with Gasteiger partial charge in [-0.25, -0.2) is 0 Å². The van der Waals surface area contributed by atoms with Crippen molar-refractivity contribution in [1.29, 1.82) is 0 Å². The Labute approximate surface area is 228 Å². The van der Waals surface area contributed by atoms with Gasteiger partial charge in [-0.3, -0.25) is 30.5 Å². The van der Waals surface area contributed by atoms with Crippen LogP contribution in [0.2, 0.25) is 0 Å². The van der Waals surface area contributed by atoms with Gasteiger partial charge < -0.3 is 18.9 Å². The highest BCUT2D eigenvalue weighted by atomic mass is 32.1. The highest BCUT2D eigenvalue weighted by Gasteiger charge is 2.21. The number of allylic oxidation sites excluding steroid dienone is 3. The van der Waals surface area contributed by atoms with E-state index in [1.807, 2.05) is 19.1 Å². The Kier molecular flexibility index (Phi) is 11.4. The fraction of sp³-hybridized carbons (Fsp3) is 0.296. The van der Waals surface area contributed by atoms with Crippen LogP contribution in [0.1, 0.15) is 34.1 Å². The lowest BCUT2D eigenvalue weighted by atomic mass is 10.1. The molecule has 38 heavy (non-hydrogen) atoms. The summed E-state index contributed by atoms with van der Waals surface area (Å²) in [5.41, 5.74) is 7.23. The van der Waals surface area contributed by atoms with Crippen molar-refractivity contribution in [2.45, 2.75) is 13.3 Å². The highest BCUT2D eigenvalue weighted by Crippen LogP contribution is 2.26. The molecular formula is C27H34N4O6S. The van der Waals surface area contributed by atoms with E-state index in [1.165, 1.54) is 38.5 Å². The van der Waals surface area contributed by atoms with Crippen LogP contribution in [-0.2, 0) is 0 Å². The number of carbonyl (C=O) groups is 2. The quantitative estimate of drug-likeness (QED) is 0.250. The average molecular weight is 543 g/mol. The smallest absolute Gasteiger partial charge is 0.275 e. The van der Waals surface area contributed by atoms with Gasteiger partial charge in [-0.1, -0.05) is 24.4 Å². The molecule has 10 nitrogen and oxygen atoms in total. The van der Waals surface area contributed by atoms with Gasteiger partial charge in [0.1, 0.15) is 28.0 Å². The van der Waals surface area contributed by atoms with Gasteiger partial charge in [0.2, 0.25) is 0 Å². The first-order chi connectivity index (χ1) is 18.2. The fourth-order valence-electron chi connectivity index (χ4n) is 3.39. The van der Waals surface area contributed by atoms with E-state index in [0.29, 0.717) is 44.8 Å². The number of hydrogen-bond donors (Lipinski definition) is 2. The van der Waals surface area contributed by atoms with Gasteiger partial charge in [0.15, 0.2) is 0 Å². The van der Waals surface area contributed by atoms with Crippen LogP contribution in [0, 0.1) is 0 Å². The molecule has 0 aliphatic rings. The first kappa shape index (κ1) is 30.0. The standard InChI is InChI=1S/C27H34N4O6S/c1-8-9-10-18(28-30(2)26(32)21-16-19(34-4)11-13-23(21)36-6)15-25(38)29-31(3)27(33)22-17-20(35-5)12-14-24(22)37-7/h8-14,16-17,28H,15H2,1-7H3,(H,29,38)/b9-8+,18-10+. The van der Waals surface area contributed by atoms with Gasteiger partial charge in [0.25, 0.3) is 11.8 Å². The Morgan fingerprint density at radius 1 is 0.816 bits per heavy atom. The summed E-state index contributed by atoms with van der Waals surface area (Å²) in [7, 11) is 9.17. The Balaban J connectivity index is 2.15. The number of benzene rings is 2. The van der Waals surface area contributed by atoms with Crippen LogP contribution in [0.4, 0.5) is 0 Å². The monoisotopic (exact) mass is 542 g/mol. The van der Waals surface area contributed by atoms with E-state index >= 15 is 0 Å². The van der Waals surface area contributed by atoms with Gasteiger partial charge in [0.05, 0.1) is 39.6 Å². The molecule has 0 aliphatic heterocycles. The van der Waals surface area contributed by atoms with Crippen molar-refractivity contribution in [3.63, 3.8) is 0 Å². The first-order valence-electron chi connectivity index (χ1n) is 11.6. The second-order valence-corrected chi connectivity index (χ2v) is 8.39. The molecular weight excluding hydrogens is 508 g/mol. The lowest BCUT2D eigenvalue weighted by molar-refractivity contribution is 0.0734. The summed E-state index contributed by atoms with van der Waals surface area (Å²) in [5.74, 6) is 1.15. The summed E-state index contributed by atoms with van der Waals surface area (Å²) in [6.07, 6.45) is 5.65. The molecule has 0 fully saturated rings. The number of amides is 2. The first-order valence-corrected chi connectivity index (χ1v) is 12.0. The summed E-state index contributed by atoms with van der Waals surface area (Å²) in [6.45, 7) is 1.87. The van der Waals surface area contributed by atoms with Crippen LogP contribution in [-0.4, -0.2) is 69.4 Å². The normalized spacial score (nSPS) is 11.0. The molecule has 0 aliphatic carbocycles. The average Bonchev–Trinajstić information content (AvgIpc) is 2.93. The van der Waals surface area contributed by atoms with E-state index < -0.39 is 0 Å². The predicted molar refractivity (Wildman–Crippen MR) is 150 cm³/mol. The van der Waals surface area contributed by atoms with Crippen LogP contribution in [0.25, 0.3) is 0 Å². The van der Waals surface area contributed by atoms with E-state index in [1.54, 1.807) is 56.6 Å². The van der Waals surface area contributed by atoms with E-state index in [9.17, 15) is 9.59 Å². The van der Waals surface area contributed by atoms with Crippen molar-refractivity contribution in [3.8, 4) is 23.0 Å². The van der Waals surface area contributed by atoms with Crippen LogP contribution >= 0.6 is 12.2 Å². The zero-order chi connectivity index (χ0) is 28.2. The zero-order valence-corrected chi connectivity index (χ0v) is 23.5. The van der Waals surface area contributed by atoms with Crippen LogP contribution < -0.4 is 29.8 Å². The van der Waals surface area contributed by atoms with Crippen LogP contribution in [0.3, 0.4) is 0 Å². The molecule has 0 aromatic heterocycles. The second-order valence-electron chi connectivity index (χ2n) is 7.90. The van der Waals surface area contributed by atoms with Crippen molar-refractivity contribution in [2.24, 2.45) is 0 Å². The van der Waals surface area contributed by atoms with Crippen molar-refractivity contribution < 1.29 is 28.5 Å². The molecule has 0 atom stereocenters. The molecule has 204 valence electrons. The lowest BCUT2D eigenvalue weighted by Gasteiger charge is -2.25. The number of methoxy groups -OCH3 is 4. The van der Waals surface area contributed by atoms with Crippen molar-refractivity contribution >= 4 is 29.0 Å². The van der Waals surface area contributed by atoms with Gasteiger partial charge in [-0.2, -0.15) is 0 Å². The molecule has 0 spiro atoms. The number of hydrogen-bond acceptors (Lipinski definition) is 8. The van der Waals surface area contributed by atoms with Gasteiger partial charge in [0, 0.05) is 26.2 Å². The third kappa shape index (κ3) is 7.87. The van der Waals surface area contributed by atoms with Crippen molar-refractivity contribution in [1.82, 2.24) is 20.9 Å². The maximum atomic E-state index is 13.2. The maximum Gasteiger partial charge on any atom is 0.275 e. The van der Waals surface area contributed by atoms with E-state index in [4.69, 9.17) is 31.2 Å². The molecule has 0 radical (unpaired) electrons. The maximum absolute atomic E-state index is 13.2. The number of nitrogens with one attached hydrogen (secondary N) is 2. The number of thiocarbonyl (C=S) groups is 1. The molecule has 0 heterocycles. The Hall–Kier alpha value is -4.25.